The van der Waals surface area contributed by atoms with Gasteiger partial charge in [-0.1, -0.05) is 94.0 Å². The van der Waals surface area contributed by atoms with Gasteiger partial charge in [-0.2, -0.15) is 0 Å². The summed E-state index contributed by atoms with van der Waals surface area (Å²) < 4.78 is 12.6. The van der Waals surface area contributed by atoms with Crippen molar-refractivity contribution in [2.45, 2.75) is 59.3 Å². The third kappa shape index (κ3) is 7.05. The first kappa shape index (κ1) is 34.9. The van der Waals surface area contributed by atoms with Crippen LogP contribution in [0.1, 0.15) is 76.0 Å². The molecule has 4 aromatic heterocycles. The zero-order chi connectivity index (χ0) is 34.1. The smallest absolute Gasteiger partial charge is 0.227 e. The maximum atomic E-state index is 6.40. The van der Waals surface area contributed by atoms with Crippen LogP contribution in [0.25, 0.3) is 67.0 Å². The molecular weight excluding hydrogens is 795 g/mol. The number of hydrogen-bond acceptors (Lipinski definition) is 5. The molecule has 0 aliphatic rings. The Morgan fingerprint density at radius 1 is 0.560 bits per heavy atom. The van der Waals surface area contributed by atoms with E-state index >= 15 is 0 Å². The molecule has 0 unspecified atom stereocenters. The number of oxazole rings is 1. The second-order valence-electron chi connectivity index (χ2n) is 13.3. The van der Waals surface area contributed by atoms with Crippen LogP contribution in [0, 0.1) is 12.1 Å². The molecule has 8 aromatic rings. The van der Waals surface area contributed by atoms with Crippen molar-refractivity contribution in [3.8, 4) is 34.0 Å². The van der Waals surface area contributed by atoms with Crippen LogP contribution in [0.15, 0.2) is 118 Å². The molecule has 4 heterocycles. The number of nitrogens with zero attached hydrogens (tertiary/aromatic N) is 3. The Balaban J connectivity index is 0.000000196. The van der Waals surface area contributed by atoms with Crippen LogP contribution >= 0.6 is 0 Å². The Hall–Kier alpha value is -4.90. The third-order valence-corrected chi connectivity index (χ3v) is 8.90. The van der Waals surface area contributed by atoms with E-state index in [0.717, 1.165) is 50.0 Å². The summed E-state index contributed by atoms with van der Waals surface area (Å²) in [6.07, 6.45) is 3.74. The van der Waals surface area contributed by atoms with Gasteiger partial charge >= 0.3 is 0 Å². The van der Waals surface area contributed by atoms with Crippen molar-refractivity contribution in [2.75, 3.05) is 0 Å². The van der Waals surface area contributed by atoms with E-state index in [4.69, 9.17) is 8.83 Å². The zero-order valence-electron chi connectivity index (χ0n) is 29.1. The van der Waals surface area contributed by atoms with Crippen LogP contribution in [-0.2, 0) is 20.1 Å². The summed E-state index contributed by atoms with van der Waals surface area (Å²) in [6.45, 7) is 13.2. The van der Waals surface area contributed by atoms with Gasteiger partial charge in [0.15, 0.2) is 11.2 Å². The summed E-state index contributed by atoms with van der Waals surface area (Å²) in [5.41, 5.74) is 11.5. The predicted molar refractivity (Wildman–Crippen MR) is 200 cm³/mol. The summed E-state index contributed by atoms with van der Waals surface area (Å²) in [6, 6.07) is 39.2. The number of rotatable bonds is 6. The van der Waals surface area contributed by atoms with Gasteiger partial charge < -0.3 is 18.8 Å². The topological polar surface area (TPSA) is 65.0 Å². The van der Waals surface area contributed by atoms with Crippen LogP contribution in [0.5, 0.6) is 0 Å². The molecule has 0 amide bonds. The first-order valence-electron chi connectivity index (χ1n) is 16.9. The SMILES string of the molecule is CC(C)c1cc[c-]c(-c2cc(C(C)C)ccn2)c1.CC(C)c1ccnc(-c2[c-]ccc3c2oc2c3ccc3nc(-c4ccccc4)oc32)c1.[Ir]. The predicted octanol–water partition coefficient (Wildman–Crippen LogP) is 12.2. The number of furan rings is 1. The number of hydrogen-bond donors (Lipinski definition) is 0. The van der Waals surface area contributed by atoms with Crippen molar-refractivity contribution in [1.82, 2.24) is 15.0 Å². The summed E-state index contributed by atoms with van der Waals surface area (Å²) in [5, 5.41) is 2.01. The van der Waals surface area contributed by atoms with Gasteiger partial charge in [-0.25, -0.2) is 4.98 Å². The average Bonchev–Trinajstić information content (AvgIpc) is 3.75. The summed E-state index contributed by atoms with van der Waals surface area (Å²) in [5.74, 6) is 2.06. The van der Waals surface area contributed by atoms with Crippen LogP contribution < -0.4 is 0 Å². The van der Waals surface area contributed by atoms with Gasteiger partial charge in [0.05, 0.1) is 5.58 Å². The Labute approximate surface area is 307 Å². The van der Waals surface area contributed by atoms with Crippen LogP contribution in [0.2, 0.25) is 0 Å². The van der Waals surface area contributed by atoms with Gasteiger partial charge in [0.2, 0.25) is 5.89 Å². The van der Waals surface area contributed by atoms with Crippen molar-refractivity contribution in [3.05, 3.63) is 138 Å². The van der Waals surface area contributed by atoms with Gasteiger partial charge in [0, 0.05) is 43.4 Å². The van der Waals surface area contributed by atoms with Crippen molar-refractivity contribution < 1.29 is 28.9 Å². The molecule has 1 radical (unpaired) electrons. The van der Waals surface area contributed by atoms with Crippen LogP contribution in [0.3, 0.4) is 0 Å². The van der Waals surface area contributed by atoms with Crippen LogP contribution in [-0.4, -0.2) is 15.0 Å². The van der Waals surface area contributed by atoms with Crippen molar-refractivity contribution in [3.63, 3.8) is 0 Å². The fourth-order valence-electron chi connectivity index (χ4n) is 5.97. The first-order valence-corrected chi connectivity index (χ1v) is 16.9. The molecule has 0 aliphatic heterocycles. The maximum Gasteiger partial charge on any atom is 0.227 e. The molecular formula is C44H39IrN3O2-2. The standard InChI is InChI=1S/C27H19N2O2.C17H20N.Ir/c1-16(2)18-13-14-28-23(15-18)21-10-6-9-19-20-11-12-22-26(25(20)30-24(19)21)31-27(29-22)17-7-4-3-5-8-17;1-12(2)14-6-5-7-16(10-14)17-11-15(13(3)4)8-9-18-17;/h3-9,11-16H,1-2H3;5-6,8-13H,1-4H3;/q2*-1;. The van der Waals surface area contributed by atoms with E-state index in [2.05, 4.69) is 105 Å². The molecule has 0 bridgehead atoms. The van der Waals surface area contributed by atoms with E-state index in [9.17, 15) is 0 Å². The monoisotopic (exact) mass is 834 g/mol. The molecule has 0 fully saturated rings. The van der Waals surface area contributed by atoms with Crippen molar-refractivity contribution >= 4 is 33.0 Å². The van der Waals surface area contributed by atoms with E-state index in [1.54, 1.807) is 0 Å². The van der Waals surface area contributed by atoms with Gasteiger partial charge in [-0.3, -0.25) is 0 Å². The third-order valence-electron chi connectivity index (χ3n) is 8.90. The molecule has 0 atom stereocenters. The molecule has 0 saturated carbocycles. The maximum absolute atomic E-state index is 6.40. The second-order valence-corrected chi connectivity index (χ2v) is 13.3. The van der Waals surface area contributed by atoms with E-state index in [1.165, 1.54) is 16.7 Å². The summed E-state index contributed by atoms with van der Waals surface area (Å²) >= 11 is 0. The van der Waals surface area contributed by atoms with E-state index in [1.807, 2.05) is 73.1 Å². The Morgan fingerprint density at radius 3 is 1.88 bits per heavy atom. The Bertz CT molecular complexity index is 2340. The van der Waals surface area contributed by atoms with E-state index in [0.29, 0.717) is 34.8 Å². The van der Waals surface area contributed by atoms with E-state index < -0.39 is 0 Å². The molecule has 0 aliphatic carbocycles. The average molecular weight is 834 g/mol. The molecule has 8 rings (SSSR count). The normalized spacial score (nSPS) is 11.4. The fourth-order valence-corrected chi connectivity index (χ4v) is 5.97. The molecule has 0 spiro atoms. The molecule has 253 valence electrons. The molecule has 4 aromatic carbocycles. The quantitative estimate of drug-likeness (QED) is 0.156. The van der Waals surface area contributed by atoms with Crippen molar-refractivity contribution in [2.24, 2.45) is 0 Å². The second kappa shape index (κ2) is 14.9. The largest absolute Gasteiger partial charge is 0.497 e. The zero-order valence-corrected chi connectivity index (χ0v) is 31.5. The van der Waals surface area contributed by atoms with Gasteiger partial charge in [0.25, 0.3) is 0 Å². The van der Waals surface area contributed by atoms with Crippen molar-refractivity contribution in [1.29, 1.82) is 0 Å². The summed E-state index contributed by atoms with van der Waals surface area (Å²) in [4.78, 5) is 13.7. The number of pyridine rings is 2. The first-order chi connectivity index (χ1) is 23.8. The van der Waals surface area contributed by atoms with Gasteiger partial charge in [-0.05, 0) is 65.5 Å². The Morgan fingerprint density at radius 2 is 1.18 bits per heavy atom. The minimum atomic E-state index is 0. The van der Waals surface area contributed by atoms with Crippen LogP contribution in [0.4, 0.5) is 0 Å². The molecule has 0 N–H and O–H groups in total. The van der Waals surface area contributed by atoms with E-state index in [-0.39, 0.29) is 20.1 Å². The minimum absolute atomic E-state index is 0. The number of fused-ring (bicyclic) bond motifs is 5. The minimum Gasteiger partial charge on any atom is -0.497 e. The molecule has 0 saturated heterocycles. The molecule has 6 heteroatoms. The summed E-state index contributed by atoms with van der Waals surface area (Å²) in [7, 11) is 0. The number of benzene rings is 4. The van der Waals surface area contributed by atoms with Gasteiger partial charge in [0.1, 0.15) is 5.52 Å². The molecule has 5 nitrogen and oxygen atoms in total. The fraction of sp³-hybridized carbons (Fsp3) is 0.205. The Kier molecular flexibility index (Phi) is 10.4. The number of aromatic nitrogens is 3. The molecule has 50 heavy (non-hydrogen) atoms. The van der Waals surface area contributed by atoms with Gasteiger partial charge in [-0.15, -0.1) is 53.6 Å².